The van der Waals surface area contributed by atoms with Crippen LogP contribution >= 0.6 is 0 Å². The predicted molar refractivity (Wildman–Crippen MR) is 446 cm³/mol. The van der Waals surface area contributed by atoms with Crippen LogP contribution in [0.1, 0.15) is 70.8 Å². The zero-order valence-electron chi connectivity index (χ0n) is 64.0. The molecule has 0 aliphatic heterocycles. The van der Waals surface area contributed by atoms with Gasteiger partial charge in [-0.3, -0.25) is 28.5 Å². The highest BCUT2D eigenvalue weighted by atomic mass is 32.2. The van der Waals surface area contributed by atoms with Crippen molar-refractivity contribution in [3.05, 3.63) is 313 Å². The lowest BCUT2D eigenvalue weighted by molar-refractivity contribution is -0.141. The van der Waals surface area contributed by atoms with Crippen LogP contribution in [0.25, 0.3) is 84.6 Å². The van der Waals surface area contributed by atoms with Gasteiger partial charge in [0.1, 0.15) is 28.8 Å². The van der Waals surface area contributed by atoms with Crippen molar-refractivity contribution in [3.8, 4) is 73.5 Å². The van der Waals surface area contributed by atoms with Crippen LogP contribution in [0, 0.1) is 20.8 Å². The highest BCUT2D eigenvalue weighted by Gasteiger charge is 2.37. The number of pyridine rings is 2. The van der Waals surface area contributed by atoms with E-state index in [9.17, 15) is 68.8 Å². The van der Waals surface area contributed by atoms with Gasteiger partial charge in [-0.25, -0.2) is 63.2 Å². The molecule has 0 saturated heterocycles. The number of benzene rings is 8. The van der Waals surface area contributed by atoms with E-state index in [-0.39, 0.29) is 27.1 Å². The van der Waals surface area contributed by atoms with Crippen molar-refractivity contribution in [3.63, 3.8) is 0 Å². The van der Waals surface area contributed by atoms with Gasteiger partial charge in [-0.2, -0.15) is 31.4 Å². The number of primary sulfonamides is 2. The number of sulfonamides is 2. The summed E-state index contributed by atoms with van der Waals surface area (Å²) >= 11 is 0. The molecular formula is C85H76F8N12O9S5. The maximum atomic E-state index is 13.1. The van der Waals surface area contributed by atoms with Crippen LogP contribution in [0.2, 0.25) is 0 Å². The zero-order valence-corrected chi connectivity index (χ0v) is 68.1. The molecule has 2 unspecified atom stereocenters. The molecule has 1 aliphatic rings. The summed E-state index contributed by atoms with van der Waals surface area (Å²) in [5.41, 5.74) is 11.9. The Morgan fingerprint density at radius 1 is 0.454 bits per heavy atom. The van der Waals surface area contributed by atoms with Gasteiger partial charge in [-0.1, -0.05) is 119 Å². The zero-order chi connectivity index (χ0) is 86.2. The Bertz CT molecular complexity index is 6390. The molecule has 34 heteroatoms. The number of rotatable bonds is 16. The Hall–Kier alpha value is -12.2. The first-order chi connectivity index (χ1) is 56.0. The fourth-order valence-corrected chi connectivity index (χ4v) is 15.3. The number of sulfone groups is 1. The van der Waals surface area contributed by atoms with E-state index in [1.165, 1.54) is 140 Å². The second-order valence-electron chi connectivity index (χ2n) is 27.3. The van der Waals surface area contributed by atoms with Gasteiger partial charge in [-0.15, -0.1) is 0 Å². The summed E-state index contributed by atoms with van der Waals surface area (Å²) in [5.74, 6) is 7.86. The fourth-order valence-electron chi connectivity index (χ4n) is 12.3. The van der Waals surface area contributed by atoms with Crippen molar-refractivity contribution >= 4 is 72.0 Å². The lowest BCUT2D eigenvalue weighted by atomic mass is 9.96. The van der Waals surface area contributed by atoms with E-state index >= 15 is 0 Å². The number of aromatic nitrogens is 9. The van der Waals surface area contributed by atoms with Crippen molar-refractivity contribution in [2.75, 3.05) is 12.5 Å². The lowest BCUT2D eigenvalue weighted by Gasteiger charge is -2.09. The summed E-state index contributed by atoms with van der Waals surface area (Å²) in [7, 11) is -16.0. The van der Waals surface area contributed by atoms with Crippen LogP contribution in [-0.4, -0.2) is 102 Å². The third-order valence-electron chi connectivity index (χ3n) is 18.3. The lowest BCUT2D eigenvalue weighted by Crippen LogP contribution is -2.12. The molecule has 2 atom stereocenters. The molecule has 0 saturated carbocycles. The SMILES string of the molecule is C=S(C)(=O)c1ccc(-n2cc(C(F)(F)F)nc2-c2cccnc2)cc1.C=S(N)(=O)c1ccc(-n2cc(C(F)(F)F)nc2-c2cccnc2)cc1.Cc1ccc(-c2cc(C(F)F)nn2-c2ccc(S(N)(=O)=O)cc2)cc1.Cc1ccc(C2=C(c3ccc(S(C)(=O)=O)cc3)CCC2)cc1.Cc1onc(-c2ccccc2)c1-c1ccc(S(N)(=O)=O)cc1. The van der Waals surface area contributed by atoms with Crippen molar-refractivity contribution in [1.29, 1.82) is 0 Å². The Labute approximate surface area is 682 Å². The molecular weight excluding hydrogens is 1650 g/mol. The highest BCUT2D eigenvalue weighted by molar-refractivity contribution is 7.99. The van der Waals surface area contributed by atoms with Crippen LogP contribution in [-0.2, 0) is 61.5 Å². The van der Waals surface area contributed by atoms with Gasteiger partial charge < -0.3 is 4.52 Å². The molecule has 6 N–H and O–H groups in total. The molecule has 0 bridgehead atoms. The van der Waals surface area contributed by atoms with Crippen molar-refractivity contribution in [2.45, 2.75) is 83.3 Å². The summed E-state index contributed by atoms with van der Waals surface area (Å²) in [6.07, 6.45) is 1.95. The Morgan fingerprint density at radius 3 is 1.25 bits per heavy atom. The fraction of sp³-hybridized carbons (Fsp3) is 0.129. The van der Waals surface area contributed by atoms with Crippen LogP contribution in [0.4, 0.5) is 35.1 Å². The Balaban J connectivity index is 0.000000146. The first-order valence-corrected chi connectivity index (χ1v) is 44.6. The summed E-state index contributed by atoms with van der Waals surface area (Å²) in [6, 6.07) is 65.0. The molecule has 1 aliphatic carbocycles. The topological polar surface area (TPSA) is 320 Å². The largest absolute Gasteiger partial charge is 0.434 e. The maximum Gasteiger partial charge on any atom is 0.434 e. The summed E-state index contributed by atoms with van der Waals surface area (Å²) in [5, 5.41) is 23.7. The second kappa shape index (κ2) is 36.0. The average molecular weight is 1720 g/mol. The number of hydrogen-bond donors (Lipinski definition) is 3. The smallest absolute Gasteiger partial charge is 0.360 e. The molecule has 616 valence electrons. The number of nitrogens with zero attached hydrogens (tertiary/aromatic N) is 9. The molecule has 8 aromatic carbocycles. The van der Waals surface area contributed by atoms with Crippen molar-refractivity contribution in [1.82, 2.24) is 44.0 Å². The van der Waals surface area contributed by atoms with E-state index in [1.807, 2.05) is 80.6 Å². The minimum Gasteiger partial charge on any atom is -0.360 e. The van der Waals surface area contributed by atoms with Crippen LogP contribution in [0.3, 0.4) is 0 Å². The first-order valence-electron chi connectivity index (χ1n) is 35.6. The monoisotopic (exact) mass is 1720 g/mol. The van der Waals surface area contributed by atoms with Gasteiger partial charge in [0.25, 0.3) is 6.43 Å². The van der Waals surface area contributed by atoms with E-state index in [1.54, 1.807) is 72.8 Å². The van der Waals surface area contributed by atoms with E-state index < -0.39 is 79.3 Å². The predicted octanol–water partition coefficient (Wildman–Crippen LogP) is 17.5. The maximum absolute atomic E-state index is 13.1. The van der Waals surface area contributed by atoms with Gasteiger partial charge >= 0.3 is 12.4 Å². The van der Waals surface area contributed by atoms with Gasteiger partial charge in [0.2, 0.25) is 20.0 Å². The van der Waals surface area contributed by atoms with E-state index in [2.05, 4.69) is 73.1 Å². The summed E-state index contributed by atoms with van der Waals surface area (Å²) in [4.78, 5) is 16.5. The molecule has 0 spiro atoms. The van der Waals surface area contributed by atoms with Crippen molar-refractivity contribution < 1.29 is 73.3 Å². The molecule has 14 aromatic rings. The molecule has 6 aromatic heterocycles. The van der Waals surface area contributed by atoms with E-state index in [0.29, 0.717) is 54.3 Å². The molecule has 119 heavy (non-hydrogen) atoms. The third-order valence-corrected chi connectivity index (χ3v) is 23.6. The quantitative estimate of drug-likeness (QED) is 0.0598. The number of hydrogen-bond acceptors (Lipinski definition) is 15. The number of alkyl halides is 8. The number of allylic oxidation sites excluding steroid dienone is 2. The summed E-state index contributed by atoms with van der Waals surface area (Å²) in [6.45, 7) is 5.84. The van der Waals surface area contributed by atoms with Crippen LogP contribution in [0.5, 0.6) is 0 Å². The normalized spacial score (nSPS) is 13.5. The third kappa shape index (κ3) is 22.2. The van der Waals surface area contributed by atoms with Gasteiger partial charge in [0, 0.05) is 93.1 Å². The number of nitrogens with two attached hydrogens (primary N) is 3. The van der Waals surface area contributed by atoms with Gasteiger partial charge in [-0.05, 0) is 217 Å². The minimum absolute atomic E-state index is 0.0608. The average Bonchev–Trinajstić information content (AvgIpc) is 1.67. The standard InChI is InChI=1S/C19H20O2S.C17H14F3N3OS.C17H15F2N3O2S.C16H13F3N4OS.C16H14N2O3S/c1-14-6-8-15(9-7-14)18-4-3-5-19(18)16-10-12-17(13-11-16)22(2,20)21;1-25(2,24)14-7-5-13(6-8-14)23-11-15(17(18,19)20)22-16(23)12-4-3-9-21-10-12;1-11-2-4-12(5-3-11)16-10-15(17(18)19)21-22(16)13-6-8-14(9-7-13)25(20,23)24;1-25(20,24)13-6-4-12(5-7-13)23-10-14(16(17,18)19)22-15(23)11-3-2-8-21-9-11;1-11-15(12-7-9-14(10-8-12)22(17,19)20)16(18-21-11)13-5-3-2-4-6-13/h6-13H,3-5H2,1-2H3;3-11H,1H2,2H3;2-10,17H,1H3,(H2,20,23,24);2-10H,1H2,(H2,20,24);2-10H,1H3,(H2,17,19,20). The first kappa shape index (κ1) is 87.7. The van der Waals surface area contributed by atoms with Crippen LogP contribution < -0.4 is 15.4 Å². The molecule has 0 radical (unpaired) electrons. The number of aryl methyl sites for hydroxylation is 3. The molecule has 6 heterocycles. The van der Waals surface area contributed by atoms with Gasteiger partial charge in [0.15, 0.2) is 21.2 Å². The Morgan fingerprint density at radius 2 is 0.849 bits per heavy atom. The molecule has 0 fully saturated rings. The highest BCUT2D eigenvalue weighted by Crippen LogP contribution is 2.42. The minimum atomic E-state index is -4.58. The van der Waals surface area contributed by atoms with E-state index in [4.69, 9.17) is 19.9 Å². The number of imidazole rings is 2. The molecule has 0 amide bonds. The van der Waals surface area contributed by atoms with Gasteiger partial charge in [0.05, 0.1) is 41.3 Å². The van der Waals surface area contributed by atoms with Crippen LogP contribution in [0.15, 0.2) is 297 Å². The summed E-state index contributed by atoms with van der Waals surface area (Å²) < 4.78 is 206. The molecule has 15 rings (SSSR count). The Kier molecular flexibility index (Phi) is 26.5. The molecule has 21 nitrogen and oxygen atoms in total. The van der Waals surface area contributed by atoms with E-state index in [0.717, 1.165) is 70.7 Å². The second-order valence-corrected chi connectivity index (χ2v) is 36.8. The number of halogens is 8. The van der Waals surface area contributed by atoms with Crippen molar-refractivity contribution in [2.24, 2.45) is 15.4 Å².